The summed E-state index contributed by atoms with van der Waals surface area (Å²) in [6, 6.07) is 15.9. The summed E-state index contributed by atoms with van der Waals surface area (Å²) in [6.07, 6.45) is 1.58. The second-order valence-electron chi connectivity index (χ2n) is 7.38. The zero-order valence-electron chi connectivity index (χ0n) is 16.0. The Balaban J connectivity index is 1.82. The fourth-order valence-corrected chi connectivity index (χ4v) is 4.07. The number of nitrogens with zero attached hydrogens (tertiary/aromatic N) is 2. The molecule has 28 heavy (non-hydrogen) atoms. The molecule has 1 aliphatic rings. The monoisotopic (exact) mass is 365 g/mol. The number of anilines is 2. The van der Waals surface area contributed by atoms with Crippen LogP contribution in [0.15, 0.2) is 54.9 Å². The molecule has 1 N–H and O–H groups in total. The Labute approximate surface area is 163 Å². The number of aryl methyl sites for hydroxylation is 3. The van der Waals surface area contributed by atoms with E-state index in [1.165, 1.54) is 5.56 Å². The smallest absolute Gasteiger partial charge is 0.196 e. The summed E-state index contributed by atoms with van der Waals surface area (Å²) in [7, 11) is 0. The Bertz CT molecular complexity index is 1290. The third-order valence-electron chi connectivity index (χ3n) is 5.41. The van der Waals surface area contributed by atoms with Gasteiger partial charge in [0.1, 0.15) is 6.33 Å². The normalized spacial score (nSPS) is 12.2. The highest BCUT2D eigenvalue weighted by molar-refractivity contribution is 6.27. The average molecular weight is 365 g/mol. The van der Waals surface area contributed by atoms with Crippen molar-refractivity contribution in [1.29, 1.82) is 0 Å². The number of aromatic nitrogens is 2. The molecule has 136 valence electrons. The first-order chi connectivity index (χ1) is 13.5. The highest BCUT2D eigenvalue weighted by Crippen LogP contribution is 2.42. The molecule has 0 radical (unpaired) electrons. The zero-order chi connectivity index (χ0) is 19.4. The number of nitrogens with one attached hydrogen (secondary N) is 1. The number of benzene rings is 3. The van der Waals surface area contributed by atoms with Gasteiger partial charge in [0.25, 0.3) is 0 Å². The molecule has 0 unspecified atom stereocenters. The molecule has 0 saturated heterocycles. The minimum Gasteiger partial charge on any atom is -0.355 e. The largest absolute Gasteiger partial charge is 0.355 e. The van der Waals surface area contributed by atoms with E-state index in [2.05, 4.69) is 47.3 Å². The van der Waals surface area contributed by atoms with E-state index in [0.29, 0.717) is 11.1 Å². The van der Waals surface area contributed by atoms with E-state index < -0.39 is 0 Å². The van der Waals surface area contributed by atoms with Gasteiger partial charge in [-0.15, -0.1) is 0 Å². The predicted octanol–water partition coefficient (Wildman–Crippen LogP) is 5.51. The minimum atomic E-state index is 0.00941. The summed E-state index contributed by atoms with van der Waals surface area (Å²) >= 11 is 0. The number of fused-ring (bicyclic) bond motifs is 2. The first kappa shape index (κ1) is 16.6. The van der Waals surface area contributed by atoms with Crippen molar-refractivity contribution in [2.24, 2.45) is 0 Å². The van der Waals surface area contributed by atoms with Gasteiger partial charge in [0.2, 0.25) is 0 Å². The summed E-state index contributed by atoms with van der Waals surface area (Å²) in [5.74, 6) is 0.00941. The van der Waals surface area contributed by atoms with Crippen molar-refractivity contribution < 1.29 is 4.79 Å². The predicted molar refractivity (Wildman–Crippen MR) is 112 cm³/mol. The zero-order valence-corrected chi connectivity index (χ0v) is 16.0. The van der Waals surface area contributed by atoms with Crippen LogP contribution in [0.4, 0.5) is 11.4 Å². The van der Waals surface area contributed by atoms with Gasteiger partial charge in [0.15, 0.2) is 5.78 Å². The van der Waals surface area contributed by atoms with Crippen LogP contribution in [0.2, 0.25) is 0 Å². The van der Waals surface area contributed by atoms with Crippen LogP contribution in [-0.4, -0.2) is 15.8 Å². The van der Waals surface area contributed by atoms with Gasteiger partial charge in [0.05, 0.1) is 22.5 Å². The third kappa shape index (κ3) is 2.34. The first-order valence-electron chi connectivity index (χ1n) is 9.31. The Morgan fingerprint density at radius 2 is 1.61 bits per heavy atom. The van der Waals surface area contributed by atoms with Crippen LogP contribution >= 0.6 is 0 Å². The summed E-state index contributed by atoms with van der Waals surface area (Å²) in [6.45, 7) is 6.17. The minimum absolute atomic E-state index is 0.00941. The number of hydrogen-bond acceptors (Lipinski definition) is 4. The van der Waals surface area contributed by atoms with Crippen LogP contribution < -0.4 is 5.32 Å². The fourth-order valence-electron chi connectivity index (χ4n) is 4.07. The molecule has 0 bridgehead atoms. The summed E-state index contributed by atoms with van der Waals surface area (Å²) in [5.41, 5.74) is 9.00. The van der Waals surface area contributed by atoms with Crippen molar-refractivity contribution in [2.75, 3.05) is 5.32 Å². The van der Waals surface area contributed by atoms with E-state index in [4.69, 9.17) is 0 Å². The van der Waals surface area contributed by atoms with E-state index >= 15 is 0 Å². The molecule has 1 aliphatic carbocycles. The quantitative estimate of drug-likeness (QED) is 0.448. The van der Waals surface area contributed by atoms with Gasteiger partial charge >= 0.3 is 0 Å². The van der Waals surface area contributed by atoms with E-state index in [1.54, 1.807) is 6.33 Å². The van der Waals surface area contributed by atoms with Gasteiger partial charge in [0, 0.05) is 22.2 Å². The molecule has 0 saturated carbocycles. The maximum absolute atomic E-state index is 13.5. The van der Waals surface area contributed by atoms with E-state index in [0.717, 1.165) is 44.7 Å². The highest BCUT2D eigenvalue weighted by atomic mass is 16.1. The molecule has 0 fully saturated rings. The van der Waals surface area contributed by atoms with Gasteiger partial charge < -0.3 is 5.32 Å². The van der Waals surface area contributed by atoms with Crippen molar-refractivity contribution in [2.45, 2.75) is 20.8 Å². The maximum Gasteiger partial charge on any atom is 0.196 e. The molecule has 0 amide bonds. The molecule has 4 heteroatoms. The molecule has 3 aromatic carbocycles. The second kappa shape index (κ2) is 5.99. The van der Waals surface area contributed by atoms with Crippen molar-refractivity contribution in [3.8, 4) is 11.3 Å². The van der Waals surface area contributed by atoms with Gasteiger partial charge in [-0.3, -0.25) is 4.79 Å². The lowest BCUT2D eigenvalue weighted by molar-refractivity contribution is 0.104. The molecule has 4 aromatic rings. The topological polar surface area (TPSA) is 54.9 Å². The standard InChI is InChI=1S/C24H19N3O/c1-13-8-9-18(14(2)10-13)27-19-11-15(3)22-21-20(19)24(28)17-7-5-4-6-16(17)23(21)26-12-25-22/h4-12,27H,1-3H3. The molecule has 0 atom stereocenters. The van der Waals surface area contributed by atoms with Crippen LogP contribution in [0, 0.1) is 20.8 Å². The lowest BCUT2D eigenvalue weighted by Crippen LogP contribution is -2.14. The lowest BCUT2D eigenvalue weighted by Gasteiger charge is -2.23. The van der Waals surface area contributed by atoms with Gasteiger partial charge in [-0.1, -0.05) is 42.0 Å². The molecule has 1 aromatic heterocycles. The number of hydrogen-bond donors (Lipinski definition) is 1. The highest BCUT2D eigenvalue weighted by Gasteiger charge is 2.29. The van der Waals surface area contributed by atoms with Gasteiger partial charge in [-0.25, -0.2) is 9.97 Å². The van der Waals surface area contributed by atoms with E-state index in [-0.39, 0.29) is 5.78 Å². The van der Waals surface area contributed by atoms with Crippen molar-refractivity contribution >= 4 is 28.1 Å². The molecule has 1 heterocycles. The average Bonchev–Trinajstić information content (AvgIpc) is 2.69. The molecule has 0 spiro atoms. The van der Waals surface area contributed by atoms with Crippen molar-refractivity contribution in [3.63, 3.8) is 0 Å². The van der Waals surface area contributed by atoms with E-state index in [9.17, 15) is 4.79 Å². The van der Waals surface area contributed by atoms with Crippen LogP contribution in [0.3, 0.4) is 0 Å². The fraction of sp³-hybridized carbons (Fsp3) is 0.125. The number of carbonyl (C=O) groups is 1. The molecule has 0 aliphatic heterocycles. The Morgan fingerprint density at radius 1 is 0.821 bits per heavy atom. The molecule has 5 rings (SSSR count). The van der Waals surface area contributed by atoms with Crippen molar-refractivity contribution in [3.05, 3.63) is 82.7 Å². The number of ketones is 1. The Hall–Kier alpha value is -3.53. The summed E-state index contributed by atoms with van der Waals surface area (Å²) in [4.78, 5) is 22.5. The van der Waals surface area contributed by atoms with Crippen molar-refractivity contribution in [1.82, 2.24) is 9.97 Å². The van der Waals surface area contributed by atoms with Crippen LogP contribution in [0.1, 0.15) is 32.6 Å². The third-order valence-corrected chi connectivity index (χ3v) is 5.41. The first-order valence-corrected chi connectivity index (χ1v) is 9.31. The number of carbonyl (C=O) groups excluding carboxylic acids is 1. The van der Waals surface area contributed by atoms with Gasteiger partial charge in [-0.05, 0) is 44.0 Å². The Kier molecular flexibility index (Phi) is 3.56. The van der Waals surface area contributed by atoms with Crippen LogP contribution in [-0.2, 0) is 0 Å². The molecular formula is C24H19N3O. The van der Waals surface area contributed by atoms with E-state index in [1.807, 2.05) is 37.3 Å². The van der Waals surface area contributed by atoms with Gasteiger partial charge in [-0.2, -0.15) is 0 Å². The summed E-state index contributed by atoms with van der Waals surface area (Å²) < 4.78 is 0. The molecular weight excluding hydrogens is 346 g/mol. The lowest BCUT2D eigenvalue weighted by atomic mass is 9.85. The SMILES string of the molecule is Cc1ccc(Nc2cc(C)c3ncnc4c3c2C(=O)c2ccccc2-4)c(C)c1. The maximum atomic E-state index is 13.5. The van der Waals surface area contributed by atoms with Crippen LogP contribution in [0.25, 0.3) is 22.2 Å². The number of rotatable bonds is 2. The van der Waals surface area contributed by atoms with Crippen LogP contribution in [0.5, 0.6) is 0 Å². The second-order valence-corrected chi connectivity index (χ2v) is 7.38. The Morgan fingerprint density at radius 3 is 2.39 bits per heavy atom. The summed E-state index contributed by atoms with van der Waals surface area (Å²) in [5, 5.41) is 4.33. The molecule has 4 nitrogen and oxygen atoms in total.